The second-order valence-corrected chi connectivity index (χ2v) is 6.96. The highest BCUT2D eigenvalue weighted by atomic mass is 35.5. The van der Waals surface area contributed by atoms with Crippen LogP contribution in [0.1, 0.15) is 16.1 Å². The van der Waals surface area contributed by atoms with Crippen LogP contribution in [0.4, 0.5) is 4.39 Å². The normalized spacial score (nSPS) is 14.8. The van der Waals surface area contributed by atoms with E-state index >= 15 is 0 Å². The molecule has 1 fully saturated rings. The first kappa shape index (κ1) is 19.8. The van der Waals surface area contributed by atoms with Crippen molar-refractivity contribution in [2.45, 2.75) is 6.42 Å². The molecule has 136 valence electrons. The number of benzene rings is 1. The summed E-state index contributed by atoms with van der Waals surface area (Å²) in [4.78, 5) is 16.3. The van der Waals surface area contributed by atoms with Gasteiger partial charge in [0.05, 0.1) is 4.88 Å². The van der Waals surface area contributed by atoms with Gasteiger partial charge in [-0.1, -0.05) is 12.1 Å². The van der Waals surface area contributed by atoms with E-state index in [0.717, 1.165) is 49.6 Å². The van der Waals surface area contributed by atoms with Crippen LogP contribution < -0.4 is 10.6 Å². The highest BCUT2D eigenvalue weighted by Gasteiger charge is 2.11. The third-order valence-electron chi connectivity index (χ3n) is 4.10. The summed E-state index contributed by atoms with van der Waals surface area (Å²) in [7, 11) is 0. The van der Waals surface area contributed by atoms with Crippen LogP contribution in [0.25, 0.3) is 10.4 Å². The fraction of sp³-hybridized carbons (Fsp3) is 0.389. The molecule has 7 heteroatoms. The summed E-state index contributed by atoms with van der Waals surface area (Å²) in [5.74, 6) is -0.286. The number of carbonyl (C=O) groups is 1. The van der Waals surface area contributed by atoms with Crippen molar-refractivity contribution < 1.29 is 9.18 Å². The topological polar surface area (TPSA) is 44.4 Å². The number of rotatable bonds is 6. The van der Waals surface area contributed by atoms with Gasteiger partial charge in [0.2, 0.25) is 0 Å². The molecule has 0 radical (unpaired) electrons. The van der Waals surface area contributed by atoms with Gasteiger partial charge in [-0.05, 0) is 42.8 Å². The molecule has 1 aliphatic rings. The fourth-order valence-corrected chi connectivity index (χ4v) is 3.68. The summed E-state index contributed by atoms with van der Waals surface area (Å²) >= 11 is 1.43. The Balaban J connectivity index is 0.00000225. The molecule has 2 heterocycles. The molecule has 3 rings (SSSR count). The van der Waals surface area contributed by atoms with Gasteiger partial charge >= 0.3 is 0 Å². The second-order valence-electron chi connectivity index (χ2n) is 5.87. The number of amides is 1. The summed E-state index contributed by atoms with van der Waals surface area (Å²) in [5.41, 5.74) is 0.930. The minimum absolute atomic E-state index is 0. The zero-order valence-corrected chi connectivity index (χ0v) is 15.6. The number of halogens is 2. The van der Waals surface area contributed by atoms with Crippen LogP contribution >= 0.6 is 23.7 Å². The predicted molar refractivity (Wildman–Crippen MR) is 103 cm³/mol. The fourth-order valence-electron chi connectivity index (χ4n) is 2.76. The van der Waals surface area contributed by atoms with Crippen molar-refractivity contribution in [2.24, 2.45) is 0 Å². The molecule has 4 nitrogen and oxygen atoms in total. The minimum Gasteiger partial charge on any atom is -0.351 e. The van der Waals surface area contributed by atoms with E-state index in [1.807, 2.05) is 12.1 Å². The first-order valence-electron chi connectivity index (χ1n) is 8.29. The minimum atomic E-state index is -0.252. The van der Waals surface area contributed by atoms with Crippen LogP contribution in [0.15, 0.2) is 36.4 Å². The maximum Gasteiger partial charge on any atom is 0.261 e. The van der Waals surface area contributed by atoms with E-state index in [1.165, 1.54) is 23.5 Å². The van der Waals surface area contributed by atoms with E-state index in [4.69, 9.17) is 0 Å². The lowest BCUT2D eigenvalue weighted by Crippen LogP contribution is -2.44. The van der Waals surface area contributed by atoms with Gasteiger partial charge in [0.1, 0.15) is 5.82 Å². The summed E-state index contributed by atoms with van der Waals surface area (Å²) in [6.07, 6.45) is 0.960. The lowest BCUT2D eigenvalue weighted by Gasteiger charge is -2.27. The highest BCUT2D eigenvalue weighted by Crippen LogP contribution is 2.28. The van der Waals surface area contributed by atoms with Gasteiger partial charge in [-0.15, -0.1) is 23.7 Å². The molecule has 2 N–H and O–H groups in total. The summed E-state index contributed by atoms with van der Waals surface area (Å²) in [6.45, 7) is 5.97. The van der Waals surface area contributed by atoms with E-state index in [1.54, 1.807) is 12.1 Å². The van der Waals surface area contributed by atoms with Gasteiger partial charge in [0, 0.05) is 37.6 Å². The Morgan fingerprint density at radius 1 is 1.16 bits per heavy atom. The molecule has 0 saturated carbocycles. The Morgan fingerprint density at radius 3 is 2.60 bits per heavy atom. The van der Waals surface area contributed by atoms with Gasteiger partial charge in [0.15, 0.2) is 0 Å². The zero-order valence-electron chi connectivity index (χ0n) is 14.0. The molecular weight excluding hydrogens is 361 g/mol. The van der Waals surface area contributed by atoms with E-state index in [0.29, 0.717) is 11.4 Å². The van der Waals surface area contributed by atoms with Crippen molar-refractivity contribution in [2.75, 3.05) is 39.3 Å². The van der Waals surface area contributed by atoms with Crippen molar-refractivity contribution in [1.29, 1.82) is 0 Å². The average Bonchev–Trinajstić information content (AvgIpc) is 3.10. The van der Waals surface area contributed by atoms with Crippen LogP contribution in [-0.2, 0) is 0 Å². The molecule has 0 atom stereocenters. The number of hydrogen-bond donors (Lipinski definition) is 2. The van der Waals surface area contributed by atoms with E-state index < -0.39 is 0 Å². The van der Waals surface area contributed by atoms with Crippen LogP contribution in [0.2, 0.25) is 0 Å². The number of nitrogens with one attached hydrogen (secondary N) is 2. The Morgan fingerprint density at radius 2 is 1.88 bits per heavy atom. The lowest BCUT2D eigenvalue weighted by molar-refractivity contribution is 0.0955. The first-order valence-corrected chi connectivity index (χ1v) is 9.11. The van der Waals surface area contributed by atoms with Crippen molar-refractivity contribution in [1.82, 2.24) is 15.5 Å². The Labute approximate surface area is 157 Å². The molecular formula is C18H23ClFN3OS. The predicted octanol–water partition coefficient (Wildman–Crippen LogP) is 3.00. The number of hydrogen-bond acceptors (Lipinski definition) is 4. The molecule has 1 aliphatic heterocycles. The molecule has 0 bridgehead atoms. The quantitative estimate of drug-likeness (QED) is 0.754. The molecule has 1 aromatic carbocycles. The van der Waals surface area contributed by atoms with Crippen LogP contribution in [0, 0.1) is 5.82 Å². The Kier molecular flexibility index (Phi) is 7.84. The maximum absolute atomic E-state index is 13.0. The third-order valence-corrected chi connectivity index (χ3v) is 5.24. The Hall–Kier alpha value is -1.47. The molecule has 0 unspecified atom stereocenters. The van der Waals surface area contributed by atoms with Crippen molar-refractivity contribution >= 4 is 29.7 Å². The summed E-state index contributed by atoms with van der Waals surface area (Å²) in [6, 6.07) is 10.1. The smallest absolute Gasteiger partial charge is 0.261 e. The molecule has 1 saturated heterocycles. The molecule has 2 aromatic rings. The summed E-state index contributed by atoms with van der Waals surface area (Å²) in [5, 5.41) is 6.31. The largest absolute Gasteiger partial charge is 0.351 e. The highest BCUT2D eigenvalue weighted by molar-refractivity contribution is 7.17. The molecule has 1 amide bonds. The Bertz CT molecular complexity index is 671. The van der Waals surface area contributed by atoms with Gasteiger partial charge in [-0.25, -0.2) is 4.39 Å². The van der Waals surface area contributed by atoms with E-state index in [9.17, 15) is 9.18 Å². The zero-order chi connectivity index (χ0) is 16.8. The molecule has 1 aromatic heterocycles. The van der Waals surface area contributed by atoms with Crippen LogP contribution in [-0.4, -0.2) is 50.1 Å². The van der Waals surface area contributed by atoms with Gasteiger partial charge in [0.25, 0.3) is 5.91 Å². The number of carbonyl (C=O) groups excluding carboxylic acids is 1. The van der Waals surface area contributed by atoms with Crippen molar-refractivity contribution in [3.05, 3.63) is 47.1 Å². The summed E-state index contributed by atoms with van der Waals surface area (Å²) < 4.78 is 13.0. The molecule has 25 heavy (non-hydrogen) atoms. The maximum atomic E-state index is 13.0. The van der Waals surface area contributed by atoms with E-state index in [2.05, 4.69) is 15.5 Å². The van der Waals surface area contributed by atoms with Gasteiger partial charge in [-0.2, -0.15) is 0 Å². The number of piperazine rings is 1. The van der Waals surface area contributed by atoms with Gasteiger partial charge < -0.3 is 15.5 Å². The standard InChI is InChI=1S/C18H22FN3OS.ClH/c19-15-4-2-14(3-5-15)16-6-7-17(24-16)18(23)21-8-1-11-22-12-9-20-10-13-22;/h2-7,20H,1,8-13H2,(H,21,23);1H. The molecule has 0 aliphatic carbocycles. The monoisotopic (exact) mass is 383 g/mol. The number of nitrogens with zero attached hydrogens (tertiary/aromatic N) is 1. The van der Waals surface area contributed by atoms with Gasteiger partial charge in [-0.3, -0.25) is 4.79 Å². The van der Waals surface area contributed by atoms with Crippen molar-refractivity contribution in [3.63, 3.8) is 0 Å². The first-order chi connectivity index (χ1) is 11.7. The van der Waals surface area contributed by atoms with Crippen LogP contribution in [0.5, 0.6) is 0 Å². The average molecular weight is 384 g/mol. The number of thiophene rings is 1. The SMILES string of the molecule is Cl.O=C(NCCCN1CCNCC1)c1ccc(-c2ccc(F)cc2)s1. The van der Waals surface area contributed by atoms with E-state index in [-0.39, 0.29) is 24.1 Å². The lowest BCUT2D eigenvalue weighted by atomic mass is 10.2. The second kappa shape index (κ2) is 9.87. The van der Waals surface area contributed by atoms with Crippen LogP contribution in [0.3, 0.4) is 0 Å². The third kappa shape index (κ3) is 5.78. The van der Waals surface area contributed by atoms with Crippen molar-refractivity contribution in [3.8, 4) is 10.4 Å². The molecule has 0 spiro atoms.